The average molecular weight is 481 g/mol. The summed E-state index contributed by atoms with van der Waals surface area (Å²) in [5, 5.41) is 6.35. The van der Waals surface area contributed by atoms with Gasteiger partial charge in [0, 0.05) is 5.75 Å². The molecule has 1 heterocycles. The highest BCUT2D eigenvalue weighted by Gasteiger charge is 2.44. The number of thioether (sulfide) groups is 1. The first-order valence-electron chi connectivity index (χ1n) is 10.9. The Hall–Kier alpha value is -2.66. The molecule has 0 aromatic heterocycles. The molecule has 0 radical (unpaired) electrons. The quantitative estimate of drug-likeness (QED) is 0.274. The summed E-state index contributed by atoms with van der Waals surface area (Å²) in [7, 11) is -1.93. The van der Waals surface area contributed by atoms with Gasteiger partial charge < -0.3 is 14.8 Å². The molecular formula is C26H27NO4PS+. The van der Waals surface area contributed by atoms with Crippen molar-refractivity contribution >= 4 is 46.1 Å². The van der Waals surface area contributed by atoms with Crippen LogP contribution in [-0.4, -0.2) is 49.0 Å². The van der Waals surface area contributed by atoms with Crippen molar-refractivity contribution in [3.63, 3.8) is 0 Å². The number of rotatable bonds is 10. The molecule has 0 spiro atoms. The molecule has 1 aliphatic heterocycles. The van der Waals surface area contributed by atoms with Gasteiger partial charge in [0.05, 0.1) is 19.4 Å². The Morgan fingerprint density at radius 2 is 1.33 bits per heavy atom. The van der Waals surface area contributed by atoms with Crippen molar-refractivity contribution in [2.75, 3.05) is 31.7 Å². The zero-order valence-electron chi connectivity index (χ0n) is 18.3. The maximum absolute atomic E-state index is 12.0. The summed E-state index contributed by atoms with van der Waals surface area (Å²) in [4.78, 5) is 23.3. The van der Waals surface area contributed by atoms with Crippen LogP contribution in [-0.2, 0) is 14.3 Å². The topological polar surface area (TPSA) is 64.6 Å². The fourth-order valence-electron chi connectivity index (χ4n) is 4.00. The summed E-state index contributed by atoms with van der Waals surface area (Å²) in [6.07, 6.45) is 0.842. The molecule has 0 aliphatic carbocycles. The second kappa shape index (κ2) is 11.5. The zero-order valence-corrected chi connectivity index (χ0v) is 20.0. The van der Waals surface area contributed by atoms with Crippen molar-refractivity contribution in [3.8, 4) is 0 Å². The predicted octanol–water partition coefficient (Wildman–Crippen LogP) is 3.37. The molecule has 4 rings (SSSR count). The van der Waals surface area contributed by atoms with Gasteiger partial charge in [-0.25, -0.2) is 4.79 Å². The van der Waals surface area contributed by atoms with Crippen LogP contribution in [0.15, 0.2) is 91.0 Å². The molecule has 3 aromatic rings. The molecule has 1 atom stereocenters. The second-order valence-corrected chi connectivity index (χ2v) is 12.2. The van der Waals surface area contributed by atoms with Gasteiger partial charge in [0.2, 0.25) is 0 Å². The molecule has 1 fully saturated rings. The lowest BCUT2D eigenvalue weighted by Crippen LogP contribution is -2.36. The van der Waals surface area contributed by atoms with Crippen LogP contribution in [0.3, 0.4) is 0 Å². The lowest BCUT2D eigenvalue weighted by atomic mass is 10.3. The first kappa shape index (κ1) is 23.5. The van der Waals surface area contributed by atoms with Gasteiger partial charge in [0.15, 0.2) is 0 Å². The summed E-state index contributed by atoms with van der Waals surface area (Å²) in [6, 6.07) is 31.4. The number of nitrogens with one attached hydrogen (secondary N) is 1. The van der Waals surface area contributed by atoms with Crippen LogP contribution in [0.2, 0.25) is 0 Å². The molecule has 1 N–H and O–H groups in total. The molecule has 1 unspecified atom stereocenters. The lowest BCUT2D eigenvalue weighted by Gasteiger charge is -2.27. The molecule has 170 valence electrons. The van der Waals surface area contributed by atoms with Gasteiger partial charge in [0.1, 0.15) is 35.8 Å². The molecular weight excluding hydrogens is 453 g/mol. The van der Waals surface area contributed by atoms with Crippen LogP contribution in [0.5, 0.6) is 0 Å². The Bertz CT molecular complexity index is 953. The minimum Gasteiger partial charge on any atom is -0.462 e. The lowest BCUT2D eigenvalue weighted by molar-refractivity contribution is -0.146. The normalized spacial score (nSPS) is 15.8. The van der Waals surface area contributed by atoms with E-state index in [1.165, 1.54) is 15.9 Å². The summed E-state index contributed by atoms with van der Waals surface area (Å²) >= 11 is 1.10. The van der Waals surface area contributed by atoms with Gasteiger partial charge in [-0.2, -0.15) is 0 Å². The largest absolute Gasteiger partial charge is 0.462 e. The SMILES string of the molecule is O=C1NC(C(=O)OCCOCC[P+](c2ccccc2)(c2ccccc2)c2ccccc2)CS1. The summed E-state index contributed by atoms with van der Waals surface area (Å²) in [6.45, 7) is 1.03. The number of amides is 1. The molecule has 1 amide bonds. The van der Waals surface area contributed by atoms with Gasteiger partial charge >= 0.3 is 5.97 Å². The Morgan fingerprint density at radius 1 is 0.818 bits per heavy atom. The molecule has 1 saturated heterocycles. The van der Waals surface area contributed by atoms with E-state index in [9.17, 15) is 9.59 Å². The third-order valence-corrected chi connectivity index (χ3v) is 10.9. The fraction of sp³-hybridized carbons (Fsp3) is 0.231. The monoisotopic (exact) mass is 480 g/mol. The molecule has 5 nitrogen and oxygen atoms in total. The van der Waals surface area contributed by atoms with Crippen molar-refractivity contribution in [2.45, 2.75) is 6.04 Å². The average Bonchev–Trinajstić information content (AvgIpc) is 3.32. The Balaban J connectivity index is 1.46. The van der Waals surface area contributed by atoms with Gasteiger partial charge in [-0.1, -0.05) is 66.4 Å². The Morgan fingerprint density at radius 3 is 1.79 bits per heavy atom. The molecule has 1 aliphatic rings. The zero-order chi connectivity index (χ0) is 22.9. The van der Waals surface area contributed by atoms with E-state index < -0.39 is 19.3 Å². The highest BCUT2D eigenvalue weighted by molar-refractivity contribution is 8.14. The minimum atomic E-state index is -1.93. The first-order chi connectivity index (χ1) is 16.2. The molecule has 0 saturated carbocycles. The molecule has 3 aromatic carbocycles. The molecule has 0 bridgehead atoms. The number of carbonyl (C=O) groups is 2. The van der Waals surface area contributed by atoms with Crippen LogP contribution < -0.4 is 21.2 Å². The van der Waals surface area contributed by atoms with Crippen LogP contribution in [0.25, 0.3) is 0 Å². The van der Waals surface area contributed by atoms with Crippen molar-refractivity contribution in [1.29, 1.82) is 0 Å². The van der Waals surface area contributed by atoms with Crippen molar-refractivity contribution < 1.29 is 19.1 Å². The number of benzene rings is 3. The van der Waals surface area contributed by atoms with Gasteiger partial charge in [0.25, 0.3) is 5.24 Å². The first-order valence-corrected chi connectivity index (χ1v) is 13.9. The van der Waals surface area contributed by atoms with E-state index in [1.54, 1.807) is 0 Å². The Labute approximate surface area is 199 Å². The third-order valence-electron chi connectivity index (χ3n) is 5.59. The number of hydrogen-bond acceptors (Lipinski definition) is 5. The van der Waals surface area contributed by atoms with Crippen LogP contribution in [0.1, 0.15) is 0 Å². The molecule has 33 heavy (non-hydrogen) atoms. The van der Waals surface area contributed by atoms with Crippen molar-refractivity contribution in [1.82, 2.24) is 5.32 Å². The van der Waals surface area contributed by atoms with E-state index in [1.807, 2.05) is 18.2 Å². The Kier molecular flexibility index (Phi) is 8.16. The van der Waals surface area contributed by atoms with E-state index in [2.05, 4.69) is 78.1 Å². The van der Waals surface area contributed by atoms with E-state index in [-0.39, 0.29) is 11.8 Å². The summed E-state index contributed by atoms with van der Waals surface area (Å²) in [5.41, 5.74) is 0. The smallest absolute Gasteiger partial charge is 0.329 e. The van der Waals surface area contributed by atoms with E-state index in [0.29, 0.717) is 19.0 Å². The van der Waals surface area contributed by atoms with Crippen molar-refractivity contribution in [2.24, 2.45) is 0 Å². The standard InChI is InChI=1S/C26H26NO4PS/c28-25(24-20-33-26(29)27-24)31-17-16-30-18-19-32(21-10-4-1-5-11-21,22-12-6-2-7-13-22)23-14-8-3-9-15-23/h1-15,24H,16-20H2/p+1. The highest BCUT2D eigenvalue weighted by atomic mass is 32.2. The van der Waals surface area contributed by atoms with E-state index in [0.717, 1.165) is 17.9 Å². The maximum Gasteiger partial charge on any atom is 0.329 e. The highest BCUT2D eigenvalue weighted by Crippen LogP contribution is 2.54. The van der Waals surface area contributed by atoms with E-state index in [4.69, 9.17) is 9.47 Å². The van der Waals surface area contributed by atoms with Crippen LogP contribution >= 0.6 is 19.0 Å². The predicted molar refractivity (Wildman–Crippen MR) is 137 cm³/mol. The maximum atomic E-state index is 12.0. The number of esters is 1. The molecule has 7 heteroatoms. The van der Waals surface area contributed by atoms with Gasteiger partial charge in [-0.05, 0) is 36.4 Å². The van der Waals surface area contributed by atoms with Gasteiger partial charge in [-0.3, -0.25) is 4.79 Å². The van der Waals surface area contributed by atoms with Gasteiger partial charge in [-0.15, -0.1) is 0 Å². The minimum absolute atomic E-state index is 0.170. The van der Waals surface area contributed by atoms with Crippen molar-refractivity contribution in [3.05, 3.63) is 91.0 Å². The van der Waals surface area contributed by atoms with Crippen LogP contribution in [0, 0.1) is 0 Å². The second-order valence-electron chi connectivity index (χ2n) is 7.62. The summed E-state index contributed by atoms with van der Waals surface area (Å²) in [5.74, 6) is 0.00757. The number of hydrogen-bond donors (Lipinski definition) is 1. The summed E-state index contributed by atoms with van der Waals surface area (Å²) < 4.78 is 11.2. The number of ether oxygens (including phenoxy) is 2. The van der Waals surface area contributed by atoms with Crippen LogP contribution in [0.4, 0.5) is 4.79 Å². The fourth-order valence-corrected chi connectivity index (χ4v) is 8.88. The van der Waals surface area contributed by atoms with E-state index >= 15 is 0 Å². The number of carbonyl (C=O) groups excluding carboxylic acids is 2. The third kappa shape index (κ3) is 5.64.